The molecule has 1 atom stereocenters. The molecule has 308 valence electrons. The molecule has 0 spiro atoms. The minimum absolute atomic E-state index is 0.0148. The SMILES string of the molecule is COc1cc(S(=O)(=O)CCOS(=O)(=O)O)c(OC)cc1N=Nc1c(S(=O)(=O)O)cc2ccc(N=NC3C(=O)N(c4ccc(S(=O)(=O)O)cc4)N=C3C(=O)O)cc2c1O. The van der Waals surface area contributed by atoms with Crippen LogP contribution in [-0.2, 0) is 54.2 Å². The van der Waals surface area contributed by atoms with E-state index in [-0.39, 0.29) is 39.3 Å². The molecular weight excluding hydrogens is 861 g/mol. The number of phenolic OH excluding ortho intramolecular Hbond substituents is 1. The molecule has 5 rings (SSSR count). The predicted molar refractivity (Wildman–Crippen MR) is 196 cm³/mol. The van der Waals surface area contributed by atoms with Crippen LogP contribution in [0.25, 0.3) is 10.8 Å². The molecule has 0 fully saturated rings. The van der Waals surface area contributed by atoms with E-state index >= 15 is 0 Å². The summed E-state index contributed by atoms with van der Waals surface area (Å²) in [7, 11) is -16.9. The lowest BCUT2D eigenvalue weighted by Crippen LogP contribution is -2.33. The van der Waals surface area contributed by atoms with E-state index in [0.717, 1.165) is 62.8 Å². The van der Waals surface area contributed by atoms with E-state index in [1.54, 1.807) is 0 Å². The summed E-state index contributed by atoms with van der Waals surface area (Å²) >= 11 is 0. The number of aromatic hydroxyl groups is 1. The summed E-state index contributed by atoms with van der Waals surface area (Å²) in [6.07, 6.45) is 0. The van der Waals surface area contributed by atoms with Crippen LogP contribution in [-0.4, -0.2) is 108 Å². The summed E-state index contributed by atoms with van der Waals surface area (Å²) in [6.45, 7) is -0.968. The fraction of sp³-hybridized carbons (Fsp3) is 0.167. The van der Waals surface area contributed by atoms with E-state index in [4.69, 9.17) is 14.0 Å². The van der Waals surface area contributed by atoms with Crippen molar-refractivity contribution in [3.05, 3.63) is 60.7 Å². The highest BCUT2D eigenvalue weighted by molar-refractivity contribution is 7.91. The Labute approximate surface area is 327 Å². The summed E-state index contributed by atoms with van der Waals surface area (Å²) in [4.78, 5) is 23.1. The van der Waals surface area contributed by atoms with Gasteiger partial charge in [-0.05, 0) is 47.9 Å². The van der Waals surface area contributed by atoms with E-state index in [2.05, 4.69) is 29.7 Å². The van der Waals surface area contributed by atoms with Gasteiger partial charge in [-0.15, -0.1) is 10.2 Å². The standard InChI is InChI=1S/C30H26N6O18S4/c1-52-21-14-23(55(41,42)10-9-54-58(49,50)51)22(53-2)13-20(21)32-33-25-24(57(46,47)48)11-15-3-4-16(12-19(15)28(25)37)31-34-26-27(30(39)40)35-36(29(26)38)17-5-7-18(8-6-17)56(43,44)45/h3-8,11-14,26,37H,9-10H2,1-2H3,(H,39,40)(H,43,44,45)(H,46,47,48)(H,49,50,51). The van der Waals surface area contributed by atoms with Gasteiger partial charge in [-0.2, -0.15) is 45.6 Å². The van der Waals surface area contributed by atoms with Crippen LogP contribution in [0.1, 0.15) is 0 Å². The number of sulfone groups is 1. The van der Waals surface area contributed by atoms with Crippen molar-refractivity contribution >= 4 is 91.6 Å². The monoisotopic (exact) mass is 886 g/mol. The molecule has 28 heteroatoms. The number of anilines is 1. The number of aliphatic carboxylic acids is 1. The van der Waals surface area contributed by atoms with Gasteiger partial charge in [-0.25, -0.2) is 17.4 Å². The average Bonchev–Trinajstić information content (AvgIpc) is 3.47. The van der Waals surface area contributed by atoms with Crippen molar-refractivity contribution < 1.29 is 80.8 Å². The minimum Gasteiger partial charge on any atom is -0.505 e. The van der Waals surface area contributed by atoms with Crippen molar-refractivity contribution in [1.29, 1.82) is 0 Å². The van der Waals surface area contributed by atoms with Gasteiger partial charge in [0, 0.05) is 17.5 Å². The fourth-order valence-corrected chi connectivity index (χ4v) is 7.89. The maximum Gasteiger partial charge on any atom is 0.397 e. The second-order valence-electron chi connectivity index (χ2n) is 11.4. The molecule has 1 heterocycles. The molecule has 1 aliphatic heterocycles. The normalized spacial score (nSPS) is 15.4. The van der Waals surface area contributed by atoms with Crippen molar-refractivity contribution in [2.75, 3.05) is 31.6 Å². The van der Waals surface area contributed by atoms with E-state index in [1.807, 2.05) is 0 Å². The molecule has 1 aliphatic rings. The molecule has 0 saturated carbocycles. The Balaban J connectivity index is 1.51. The molecule has 1 unspecified atom stereocenters. The summed E-state index contributed by atoms with van der Waals surface area (Å²) in [5.41, 5.74) is -2.14. The molecule has 58 heavy (non-hydrogen) atoms. The molecular formula is C30H26N6O18S4. The highest BCUT2D eigenvalue weighted by atomic mass is 32.3. The average molecular weight is 887 g/mol. The topological polar surface area (TPSA) is 365 Å². The zero-order valence-corrected chi connectivity index (χ0v) is 32.4. The summed E-state index contributed by atoms with van der Waals surface area (Å²) in [5.74, 6) is -5.22. The number of hydrogen-bond acceptors (Lipinski definition) is 19. The number of carbonyl (C=O) groups excluding carboxylic acids is 1. The van der Waals surface area contributed by atoms with Gasteiger partial charge in [0.2, 0.25) is 6.04 Å². The lowest BCUT2D eigenvalue weighted by molar-refractivity contribution is -0.130. The smallest absolute Gasteiger partial charge is 0.397 e. The number of azo groups is 2. The molecule has 1 amide bonds. The Hall–Kier alpha value is -6.01. The molecule has 5 N–H and O–H groups in total. The molecule has 0 aliphatic carbocycles. The van der Waals surface area contributed by atoms with Crippen LogP contribution in [0.3, 0.4) is 0 Å². The number of benzene rings is 4. The van der Waals surface area contributed by atoms with Gasteiger partial charge in [-0.3, -0.25) is 18.5 Å². The molecule has 0 bridgehead atoms. The van der Waals surface area contributed by atoms with E-state index in [1.165, 1.54) is 12.1 Å². The Kier molecular flexibility index (Phi) is 12.0. The first kappa shape index (κ1) is 43.1. The molecule has 4 aromatic rings. The first-order valence-corrected chi connectivity index (χ1v) is 21.3. The van der Waals surface area contributed by atoms with Crippen molar-refractivity contribution in [2.24, 2.45) is 25.6 Å². The first-order valence-electron chi connectivity index (χ1n) is 15.4. The number of hydrogen-bond donors (Lipinski definition) is 5. The molecule has 0 aromatic heterocycles. The summed E-state index contributed by atoms with van der Waals surface area (Å²) in [5, 5.41) is 40.5. The number of phenols is 1. The Morgan fingerprint density at radius 3 is 2.03 bits per heavy atom. The number of carboxylic acid groups (broad SMARTS) is 1. The zero-order valence-electron chi connectivity index (χ0n) is 29.1. The molecule has 4 aromatic carbocycles. The number of rotatable bonds is 15. The lowest BCUT2D eigenvalue weighted by Gasteiger charge is -2.13. The van der Waals surface area contributed by atoms with Gasteiger partial charge in [0.1, 0.15) is 32.7 Å². The first-order chi connectivity index (χ1) is 26.9. The Morgan fingerprint density at radius 2 is 1.47 bits per heavy atom. The van der Waals surface area contributed by atoms with Gasteiger partial charge in [0.25, 0.3) is 26.1 Å². The number of carbonyl (C=O) groups is 2. The van der Waals surface area contributed by atoms with Crippen LogP contribution >= 0.6 is 0 Å². The van der Waals surface area contributed by atoms with E-state index < -0.39 is 103 Å². The maximum atomic E-state index is 13.2. The number of amides is 1. The number of nitrogens with zero attached hydrogens (tertiary/aromatic N) is 6. The quantitative estimate of drug-likeness (QED) is 0.0846. The van der Waals surface area contributed by atoms with Crippen molar-refractivity contribution in [3.63, 3.8) is 0 Å². The summed E-state index contributed by atoms with van der Waals surface area (Å²) < 4.78 is 138. The van der Waals surface area contributed by atoms with Crippen LogP contribution in [0.15, 0.2) is 101 Å². The largest absolute Gasteiger partial charge is 0.505 e. The van der Waals surface area contributed by atoms with Crippen molar-refractivity contribution in [2.45, 2.75) is 20.7 Å². The second-order valence-corrected chi connectivity index (χ2v) is 17.4. The highest BCUT2D eigenvalue weighted by Gasteiger charge is 2.41. The Morgan fingerprint density at radius 1 is 0.810 bits per heavy atom. The number of fused-ring (bicyclic) bond motifs is 1. The van der Waals surface area contributed by atoms with Crippen LogP contribution in [0, 0.1) is 0 Å². The van der Waals surface area contributed by atoms with Crippen LogP contribution < -0.4 is 14.5 Å². The van der Waals surface area contributed by atoms with Crippen molar-refractivity contribution in [3.8, 4) is 17.2 Å². The highest BCUT2D eigenvalue weighted by Crippen LogP contribution is 2.44. The Bertz CT molecular complexity index is 2900. The molecule has 24 nitrogen and oxygen atoms in total. The third kappa shape index (κ3) is 9.40. The van der Waals surface area contributed by atoms with Gasteiger partial charge < -0.3 is 19.7 Å². The van der Waals surface area contributed by atoms with E-state index in [0.29, 0.717) is 5.01 Å². The van der Waals surface area contributed by atoms with Gasteiger partial charge in [0.15, 0.2) is 21.3 Å². The van der Waals surface area contributed by atoms with Gasteiger partial charge in [0.05, 0.1) is 42.8 Å². The number of hydrazone groups is 1. The minimum atomic E-state index is -5.13. The zero-order chi connectivity index (χ0) is 43.0. The summed E-state index contributed by atoms with van der Waals surface area (Å²) in [6, 6.07) is 8.59. The second kappa shape index (κ2) is 16.1. The maximum absolute atomic E-state index is 13.2. The number of ether oxygens (including phenoxy) is 2. The van der Waals surface area contributed by atoms with Gasteiger partial charge in [-0.1, -0.05) is 6.07 Å². The fourth-order valence-electron chi connectivity index (χ4n) is 5.10. The van der Waals surface area contributed by atoms with Crippen molar-refractivity contribution in [1.82, 2.24) is 0 Å². The van der Waals surface area contributed by atoms with Gasteiger partial charge >= 0.3 is 16.4 Å². The van der Waals surface area contributed by atoms with Crippen LogP contribution in [0.4, 0.5) is 22.7 Å². The molecule has 0 saturated heterocycles. The molecule has 0 radical (unpaired) electrons. The lowest BCUT2D eigenvalue weighted by atomic mass is 10.1. The third-order valence-corrected chi connectivity index (χ3v) is 11.6. The van der Waals surface area contributed by atoms with E-state index in [9.17, 15) is 62.6 Å². The third-order valence-electron chi connectivity index (χ3n) is 7.75. The number of methoxy groups -OCH3 is 2. The predicted octanol–water partition coefficient (Wildman–Crippen LogP) is 3.00. The van der Waals surface area contributed by atoms with Crippen LogP contribution in [0.5, 0.6) is 17.2 Å². The number of carboxylic acids is 1. The van der Waals surface area contributed by atoms with Crippen LogP contribution in [0.2, 0.25) is 0 Å².